The molecule has 3 rings (SSSR count). The predicted molar refractivity (Wildman–Crippen MR) is 66.1 cm³/mol. The summed E-state index contributed by atoms with van der Waals surface area (Å²) in [6, 6.07) is 9.11. The van der Waals surface area contributed by atoms with E-state index in [-0.39, 0.29) is 0 Å². The average molecular weight is 266 g/mol. The van der Waals surface area contributed by atoms with E-state index in [1.165, 1.54) is 0 Å². The fourth-order valence-corrected chi connectivity index (χ4v) is 2.62. The van der Waals surface area contributed by atoms with Crippen molar-refractivity contribution in [3.05, 3.63) is 35.9 Å². The fourth-order valence-electron chi connectivity index (χ4n) is 2.62. The van der Waals surface area contributed by atoms with Gasteiger partial charge in [-0.05, 0) is 19.4 Å². The van der Waals surface area contributed by atoms with Crippen LogP contribution in [0.25, 0.3) is 0 Å². The van der Waals surface area contributed by atoms with Crippen molar-refractivity contribution in [3.8, 4) is 0 Å². The van der Waals surface area contributed by atoms with Gasteiger partial charge < -0.3 is 24.4 Å². The van der Waals surface area contributed by atoms with E-state index in [2.05, 4.69) is 0 Å². The number of benzene rings is 1. The lowest BCUT2D eigenvalue weighted by atomic mass is 9.99. The lowest BCUT2D eigenvalue weighted by molar-refractivity contribution is -0.226. The summed E-state index contributed by atoms with van der Waals surface area (Å²) >= 11 is 0. The first kappa shape index (κ1) is 13.0. The number of hydrogen-bond acceptors (Lipinski definition) is 5. The fraction of sp³-hybridized carbons (Fsp3) is 0.571. The van der Waals surface area contributed by atoms with Crippen molar-refractivity contribution in [3.63, 3.8) is 0 Å². The Labute approximate surface area is 111 Å². The molecule has 0 unspecified atom stereocenters. The van der Waals surface area contributed by atoms with Gasteiger partial charge in [-0.25, -0.2) is 0 Å². The molecule has 2 heterocycles. The van der Waals surface area contributed by atoms with Crippen molar-refractivity contribution >= 4 is 0 Å². The van der Waals surface area contributed by atoms with Crippen LogP contribution in [-0.4, -0.2) is 40.6 Å². The Morgan fingerprint density at radius 3 is 2.47 bits per heavy atom. The van der Waals surface area contributed by atoms with Gasteiger partial charge in [0.2, 0.25) is 0 Å². The van der Waals surface area contributed by atoms with Crippen molar-refractivity contribution < 1.29 is 24.4 Å². The topological polar surface area (TPSA) is 68.2 Å². The normalized spacial score (nSPS) is 38.1. The molecule has 104 valence electrons. The van der Waals surface area contributed by atoms with Crippen LogP contribution in [-0.2, 0) is 14.2 Å². The van der Waals surface area contributed by atoms with Crippen LogP contribution < -0.4 is 0 Å². The number of ether oxygens (including phenoxy) is 3. The van der Waals surface area contributed by atoms with Crippen LogP contribution in [0.4, 0.5) is 0 Å². The van der Waals surface area contributed by atoms with Crippen LogP contribution in [0.2, 0.25) is 0 Å². The van der Waals surface area contributed by atoms with Gasteiger partial charge in [-0.15, -0.1) is 0 Å². The molecule has 2 aliphatic rings. The van der Waals surface area contributed by atoms with Gasteiger partial charge in [0.25, 0.3) is 0 Å². The third-order valence-corrected chi connectivity index (χ3v) is 3.50. The first-order valence-corrected chi connectivity index (χ1v) is 6.40. The van der Waals surface area contributed by atoms with E-state index in [1.807, 2.05) is 18.2 Å². The summed E-state index contributed by atoms with van der Waals surface area (Å²) in [6.45, 7) is 3.54. The molecular formula is C14H18O5. The number of rotatable bonds is 2. The van der Waals surface area contributed by atoms with Crippen LogP contribution in [0.5, 0.6) is 0 Å². The Balaban J connectivity index is 1.75. The van der Waals surface area contributed by atoms with E-state index in [0.717, 1.165) is 0 Å². The van der Waals surface area contributed by atoms with Crippen molar-refractivity contribution in [2.24, 2.45) is 0 Å². The SMILES string of the molecule is CC1(C)O[C@H]2O[C@@H]([C@@H](O)c3ccccc3)[C@H](O)[C@H]2O1. The molecule has 5 atom stereocenters. The summed E-state index contributed by atoms with van der Waals surface area (Å²) in [4.78, 5) is 0. The molecule has 2 N–H and O–H groups in total. The van der Waals surface area contributed by atoms with E-state index < -0.39 is 36.5 Å². The molecule has 1 aromatic carbocycles. The summed E-state index contributed by atoms with van der Waals surface area (Å²) in [5, 5.41) is 20.5. The van der Waals surface area contributed by atoms with E-state index >= 15 is 0 Å². The van der Waals surface area contributed by atoms with Crippen molar-refractivity contribution in [2.45, 2.75) is 50.3 Å². The van der Waals surface area contributed by atoms with Crippen LogP contribution in [0.15, 0.2) is 30.3 Å². The van der Waals surface area contributed by atoms with Crippen LogP contribution in [0.3, 0.4) is 0 Å². The Bertz CT molecular complexity index is 446. The molecule has 19 heavy (non-hydrogen) atoms. The van der Waals surface area contributed by atoms with Crippen molar-refractivity contribution in [1.29, 1.82) is 0 Å². The largest absolute Gasteiger partial charge is 0.387 e. The second kappa shape index (κ2) is 4.54. The minimum atomic E-state index is -0.915. The van der Waals surface area contributed by atoms with Gasteiger partial charge in [0.1, 0.15) is 24.4 Å². The first-order chi connectivity index (χ1) is 8.98. The number of hydrogen-bond donors (Lipinski definition) is 2. The molecule has 0 bridgehead atoms. The van der Waals surface area contributed by atoms with Gasteiger partial charge in [-0.3, -0.25) is 0 Å². The molecule has 2 saturated heterocycles. The van der Waals surface area contributed by atoms with Crippen molar-refractivity contribution in [2.75, 3.05) is 0 Å². The molecule has 2 fully saturated rings. The molecule has 5 nitrogen and oxygen atoms in total. The molecule has 0 spiro atoms. The highest BCUT2D eigenvalue weighted by Gasteiger charge is 2.56. The molecule has 0 aromatic heterocycles. The first-order valence-electron chi connectivity index (χ1n) is 6.40. The van der Waals surface area contributed by atoms with E-state index in [0.29, 0.717) is 5.56 Å². The summed E-state index contributed by atoms with van der Waals surface area (Å²) in [5.41, 5.74) is 0.700. The summed E-state index contributed by atoms with van der Waals surface area (Å²) in [6.07, 6.45) is -3.75. The van der Waals surface area contributed by atoms with Gasteiger partial charge in [0.05, 0.1) is 0 Å². The van der Waals surface area contributed by atoms with Crippen LogP contribution in [0, 0.1) is 0 Å². The summed E-state index contributed by atoms with van der Waals surface area (Å²) in [7, 11) is 0. The molecule has 5 heteroatoms. The maximum atomic E-state index is 10.3. The van der Waals surface area contributed by atoms with Crippen LogP contribution in [0.1, 0.15) is 25.5 Å². The lowest BCUT2D eigenvalue weighted by Gasteiger charge is -2.26. The van der Waals surface area contributed by atoms with Gasteiger partial charge in [0, 0.05) is 0 Å². The predicted octanol–water partition coefficient (Wildman–Crippen LogP) is 0.957. The third kappa shape index (κ3) is 2.28. The molecular weight excluding hydrogens is 248 g/mol. The van der Waals surface area contributed by atoms with Crippen molar-refractivity contribution in [1.82, 2.24) is 0 Å². The molecule has 0 amide bonds. The van der Waals surface area contributed by atoms with E-state index in [1.54, 1.807) is 26.0 Å². The second-order valence-electron chi connectivity index (χ2n) is 5.42. The number of aliphatic hydroxyl groups excluding tert-OH is 2. The zero-order chi connectivity index (χ0) is 13.6. The Hall–Kier alpha value is -0.980. The van der Waals surface area contributed by atoms with Gasteiger partial charge in [-0.2, -0.15) is 0 Å². The highest BCUT2D eigenvalue weighted by molar-refractivity contribution is 5.19. The Kier molecular flexibility index (Phi) is 3.11. The van der Waals surface area contributed by atoms with Gasteiger partial charge in [0.15, 0.2) is 12.1 Å². The quantitative estimate of drug-likeness (QED) is 0.834. The highest BCUT2D eigenvalue weighted by Crippen LogP contribution is 2.40. The minimum absolute atomic E-state index is 0.557. The van der Waals surface area contributed by atoms with Gasteiger partial charge >= 0.3 is 0 Å². The average Bonchev–Trinajstić information content (AvgIpc) is 2.84. The summed E-state index contributed by atoms with van der Waals surface area (Å²) < 4.78 is 16.7. The Morgan fingerprint density at radius 1 is 1.16 bits per heavy atom. The number of fused-ring (bicyclic) bond motifs is 1. The molecule has 0 saturated carbocycles. The van der Waals surface area contributed by atoms with E-state index in [4.69, 9.17) is 14.2 Å². The monoisotopic (exact) mass is 266 g/mol. The number of aliphatic hydroxyl groups is 2. The molecule has 0 aliphatic carbocycles. The zero-order valence-electron chi connectivity index (χ0n) is 10.9. The smallest absolute Gasteiger partial charge is 0.190 e. The van der Waals surface area contributed by atoms with Crippen LogP contribution >= 0.6 is 0 Å². The maximum Gasteiger partial charge on any atom is 0.190 e. The van der Waals surface area contributed by atoms with E-state index in [9.17, 15) is 10.2 Å². The molecule has 0 radical (unpaired) electrons. The maximum absolute atomic E-state index is 10.3. The molecule has 2 aliphatic heterocycles. The standard InChI is InChI=1S/C14H18O5/c1-14(2)18-12-10(16)11(17-13(12)19-14)9(15)8-6-4-3-5-7-8/h3-7,9-13,15-16H,1-2H3/t9-,10-,11-,12+,13+/m0/s1. The zero-order valence-corrected chi connectivity index (χ0v) is 10.9. The second-order valence-corrected chi connectivity index (χ2v) is 5.42. The Morgan fingerprint density at radius 2 is 1.84 bits per heavy atom. The van der Waals surface area contributed by atoms with Gasteiger partial charge in [-0.1, -0.05) is 30.3 Å². The molecule has 1 aromatic rings. The highest BCUT2D eigenvalue weighted by atomic mass is 16.8. The third-order valence-electron chi connectivity index (χ3n) is 3.50. The lowest BCUT2D eigenvalue weighted by Crippen LogP contribution is -2.37. The summed E-state index contributed by atoms with van der Waals surface area (Å²) in [5.74, 6) is -0.765. The minimum Gasteiger partial charge on any atom is -0.387 e.